The monoisotopic (exact) mass is 505 g/mol. The van der Waals surface area contributed by atoms with E-state index in [0.29, 0.717) is 29.1 Å². The number of nitrogens with one attached hydrogen (secondary N) is 2. The molecule has 2 N–H and O–H groups in total. The Balaban J connectivity index is 1.16. The highest BCUT2D eigenvalue weighted by molar-refractivity contribution is 6.05. The number of carbonyl (C=O) groups is 1. The van der Waals surface area contributed by atoms with Gasteiger partial charge >= 0.3 is 0 Å². The number of aromatic nitrogens is 3. The number of methoxy groups -OCH3 is 1. The number of nitrogens with zero attached hydrogens (tertiary/aromatic N) is 3. The molecule has 8 heteroatoms. The zero-order valence-electron chi connectivity index (χ0n) is 22.0. The molecule has 0 spiro atoms. The van der Waals surface area contributed by atoms with Crippen LogP contribution in [0.3, 0.4) is 0 Å². The summed E-state index contributed by atoms with van der Waals surface area (Å²) in [6.45, 7) is 5.97. The molecule has 5 rings (SSSR count). The molecule has 1 aromatic carbocycles. The molecule has 3 heterocycles. The predicted molar refractivity (Wildman–Crippen MR) is 145 cm³/mol. The van der Waals surface area contributed by atoms with Crippen LogP contribution in [-0.4, -0.2) is 54.1 Å². The number of amides is 1. The third-order valence-electron chi connectivity index (χ3n) is 7.89. The van der Waals surface area contributed by atoms with Crippen LogP contribution in [-0.2, 0) is 4.74 Å². The largest absolute Gasteiger partial charge is 0.494 e. The number of piperidine rings is 1. The third kappa shape index (κ3) is 6.48. The molecule has 8 nitrogen and oxygen atoms in total. The van der Waals surface area contributed by atoms with Gasteiger partial charge in [0, 0.05) is 36.6 Å². The Labute approximate surface area is 219 Å². The van der Waals surface area contributed by atoms with E-state index in [-0.39, 0.29) is 5.91 Å². The van der Waals surface area contributed by atoms with Crippen molar-refractivity contribution < 1.29 is 14.3 Å². The number of benzene rings is 1. The first kappa shape index (κ1) is 25.7. The molecule has 1 amide bonds. The number of ether oxygens (including phenoxy) is 2. The van der Waals surface area contributed by atoms with E-state index >= 15 is 0 Å². The fourth-order valence-corrected chi connectivity index (χ4v) is 5.63. The average Bonchev–Trinajstić information content (AvgIpc) is 3.34. The Morgan fingerprint density at radius 1 is 1.11 bits per heavy atom. The van der Waals surface area contributed by atoms with Gasteiger partial charge in [0.1, 0.15) is 11.4 Å². The number of hydrogen-bond acceptors (Lipinski definition) is 6. The van der Waals surface area contributed by atoms with Crippen molar-refractivity contribution in [1.82, 2.24) is 20.1 Å². The van der Waals surface area contributed by atoms with E-state index in [2.05, 4.69) is 26.5 Å². The highest BCUT2D eigenvalue weighted by Gasteiger charge is 2.24. The van der Waals surface area contributed by atoms with Gasteiger partial charge in [-0.2, -0.15) is 5.10 Å². The van der Waals surface area contributed by atoms with Crippen LogP contribution in [0.25, 0.3) is 10.9 Å². The Kier molecular flexibility index (Phi) is 8.36. The highest BCUT2D eigenvalue weighted by atomic mass is 16.5. The molecule has 1 aliphatic heterocycles. The summed E-state index contributed by atoms with van der Waals surface area (Å²) in [5.41, 5.74) is 2.67. The van der Waals surface area contributed by atoms with E-state index in [1.807, 2.05) is 31.2 Å². The highest BCUT2D eigenvalue weighted by Crippen LogP contribution is 2.35. The fourth-order valence-electron chi connectivity index (χ4n) is 5.63. The molecular weight excluding hydrogens is 466 g/mol. The van der Waals surface area contributed by atoms with Crippen LogP contribution in [0, 0.1) is 18.8 Å². The van der Waals surface area contributed by atoms with Gasteiger partial charge in [-0.05, 0) is 95.0 Å². The quantitative estimate of drug-likeness (QED) is 0.392. The molecular formula is C29H39N5O3. The molecule has 0 bridgehead atoms. The first-order valence-electron chi connectivity index (χ1n) is 13.7. The minimum atomic E-state index is -0.259. The van der Waals surface area contributed by atoms with Crippen molar-refractivity contribution in [2.24, 2.45) is 11.8 Å². The van der Waals surface area contributed by atoms with Crippen molar-refractivity contribution in [3.63, 3.8) is 0 Å². The molecule has 37 heavy (non-hydrogen) atoms. The summed E-state index contributed by atoms with van der Waals surface area (Å²) < 4.78 is 13.7. The predicted octanol–water partition coefficient (Wildman–Crippen LogP) is 5.14. The Hall–Kier alpha value is -2.97. The number of anilines is 1. The smallest absolute Gasteiger partial charge is 0.274 e. The summed E-state index contributed by atoms with van der Waals surface area (Å²) in [7, 11) is 1.61. The van der Waals surface area contributed by atoms with Gasteiger partial charge in [-0.15, -0.1) is 0 Å². The van der Waals surface area contributed by atoms with Gasteiger partial charge < -0.3 is 20.1 Å². The first-order chi connectivity index (χ1) is 18.1. The number of fused-ring (bicyclic) bond motifs is 1. The van der Waals surface area contributed by atoms with Gasteiger partial charge in [0.15, 0.2) is 0 Å². The van der Waals surface area contributed by atoms with Crippen LogP contribution in [0.5, 0.6) is 5.75 Å². The zero-order valence-corrected chi connectivity index (χ0v) is 22.0. The summed E-state index contributed by atoms with van der Waals surface area (Å²) in [5, 5.41) is 12.2. The lowest BCUT2D eigenvalue weighted by molar-refractivity contribution is 0.0668. The second-order valence-electron chi connectivity index (χ2n) is 10.6. The van der Waals surface area contributed by atoms with Gasteiger partial charge in [0.2, 0.25) is 0 Å². The maximum absolute atomic E-state index is 12.8. The summed E-state index contributed by atoms with van der Waals surface area (Å²) in [4.78, 5) is 17.1. The van der Waals surface area contributed by atoms with Crippen molar-refractivity contribution in [2.45, 2.75) is 57.9 Å². The summed E-state index contributed by atoms with van der Waals surface area (Å²) >= 11 is 0. The third-order valence-corrected chi connectivity index (χ3v) is 7.89. The van der Waals surface area contributed by atoms with Crippen molar-refractivity contribution in [2.75, 3.05) is 38.7 Å². The van der Waals surface area contributed by atoms with E-state index in [4.69, 9.17) is 14.6 Å². The summed E-state index contributed by atoms with van der Waals surface area (Å²) in [5.74, 6) is 1.80. The number of hydrogen-bond donors (Lipinski definition) is 2. The van der Waals surface area contributed by atoms with Crippen LogP contribution in [0.4, 0.5) is 5.69 Å². The normalized spacial score (nSPS) is 20.7. The van der Waals surface area contributed by atoms with Crippen molar-refractivity contribution in [3.8, 4) is 5.75 Å². The van der Waals surface area contributed by atoms with Gasteiger partial charge in [0.05, 0.1) is 24.4 Å². The fraction of sp³-hybridized carbons (Fsp3) is 0.552. The minimum absolute atomic E-state index is 0.259. The van der Waals surface area contributed by atoms with Crippen molar-refractivity contribution in [1.29, 1.82) is 0 Å². The second kappa shape index (κ2) is 12.0. The molecule has 0 atom stereocenters. The van der Waals surface area contributed by atoms with Gasteiger partial charge in [-0.1, -0.05) is 6.07 Å². The van der Waals surface area contributed by atoms with Gasteiger partial charge in [-0.25, -0.2) is 4.98 Å². The summed E-state index contributed by atoms with van der Waals surface area (Å²) in [6, 6.07) is 9.63. The van der Waals surface area contributed by atoms with Crippen LogP contribution in [0.15, 0.2) is 36.5 Å². The molecule has 1 saturated carbocycles. The maximum atomic E-state index is 12.8. The molecule has 1 aliphatic carbocycles. The SMILES string of the molecule is COc1cc2nn([C@H]3CC[C@H](COCCC4CCNCC4)CC3)cc2cc1NC(=O)c1cccc(C)n1. The average molecular weight is 506 g/mol. The van der Waals surface area contributed by atoms with Gasteiger partial charge in [-0.3, -0.25) is 9.48 Å². The molecule has 0 radical (unpaired) electrons. The second-order valence-corrected chi connectivity index (χ2v) is 10.6. The lowest BCUT2D eigenvalue weighted by Gasteiger charge is -2.29. The molecule has 2 fully saturated rings. The Morgan fingerprint density at radius 2 is 1.92 bits per heavy atom. The lowest BCUT2D eigenvalue weighted by Crippen LogP contribution is -2.28. The molecule has 2 aliphatic rings. The van der Waals surface area contributed by atoms with E-state index in [1.165, 1.54) is 32.1 Å². The topological polar surface area (TPSA) is 90.3 Å². The number of aryl methyl sites for hydroxylation is 1. The van der Waals surface area contributed by atoms with E-state index < -0.39 is 0 Å². The van der Waals surface area contributed by atoms with E-state index in [1.54, 1.807) is 13.2 Å². The molecule has 1 saturated heterocycles. The number of rotatable bonds is 9. The van der Waals surface area contributed by atoms with Gasteiger partial charge in [0.25, 0.3) is 5.91 Å². The van der Waals surface area contributed by atoms with Crippen LogP contribution in [0.1, 0.15) is 67.2 Å². The number of carbonyl (C=O) groups excluding carboxylic acids is 1. The van der Waals surface area contributed by atoms with Crippen molar-refractivity contribution >= 4 is 22.5 Å². The molecule has 2 aromatic heterocycles. The lowest BCUT2D eigenvalue weighted by atomic mass is 9.86. The number of pyridine rings is 1. The molecule has 0 unspecified atom stereocenters. The standard InChI is InChI=1S/C29H39N5O3/c1-20-4-3-5-25(31-20)29(35)32-27-16-23-18-34(33-26(23)17-28(27)36-2)24-8-6-22(7-9-24)19-37-15-12-21-10-13-30-14-11-21/h3-5,16-18,21-22,24,30H,6-15,19H2,1-2H3,(H,32,35)/t22-,24-. The first-order valence-corrected chi connectivity index (χ1v) is 13.7. The zero-order chi connectivity index (χ0) is 25.6. The summed E-state index contributed by atoms with van der Waals surface area (Å²) in [6.07, 6.45) is 10.4. The maximum Gasteiger partial charge on any atom is 0.274 e. The molecule has 3 aromatic rings. The molecule has 198 valence electrons. The van der Waals surface area contributed by atoms with Crippen molar-refractivity contribution in [3.05, 3.63) is 47.9 Å². The van der Waals surface area contributed by atoms with Crippen LogP contribution in [0.2, 0.25) is 0 Å². The van der Waals surface area contributed by atoms with Crippen LogP contribution >= 0.6 is 0 Å². The minimum Gasteiger partial charge on any atom is -0.494 e. The Morgan fingerprint density at radius 3 is 2.68 bits per heavy atom. The Bertz CT molecular complexity index is 1200. The van der Waals surface area contributed by atoms with E-state index in [0.717, 1.165) is 61.7 Å². The van der Waals surface area contributed by atoms with E-state index in [9.17, 15) is 4.79 Å². The van der Waals surface area contributed by atoms with Crippen LogP contribution < -0.4 is 15.4 Å².